The number of halogens is 4. The van der Waals surface area contributed by atoms with Crippen LogP contribution in [0.2, 0.25) is 20.1 Å². The van der Waals surface area contributed by atoms with E-state index >= 15 is 0 Å². The summed E-state index contributed by atoms with van der Waals surface area (Å²) in [6.45, 7) is 19.4. The third kappa shape index (κ3) is 11.5. The number of esters is 2. The minimum Gasteiger partial charge on any atom is -0.462 e. The Bertz CT molecular complexity index is 1740. The van der Waals surface area contributed by atoms with E-state index in [0.29, 0.717) is 26.2 Å². The minimum atomic E-state index is -0.551. The molecule has 4 amide bonds. The number of ether oxygens (including phenoxy) is 2. The molecule has 0 unspecified atom stereocenters. The molecule has 0 atom stereocenters. The molecule has 2 aliphatic rings. The number of hydrogen-bond acceptors (Lipinski definition) is 10. The molecular weight excluding hydrogens is 834 g/mol. The molecule has 2 heterocycles. The molecule has 2 aliphatic heterocycles. The van der Waals surface area contributed by atoms with Gasteiger partial charge in [-0.25, -0.2) is 19.6 Å². The summed E-state index contributed by atoms with van der Waals surface area (Å²) in [6.07, 6.45) is 0. The molecular formula is C40H50Cl4N6O8. The van der Waals surface area contributed by atoms with Crippen LogP contribution in [-0.4, -0.2) is 106 Å². The topological polar surface area (TPSA) is 159 Å². The summed E-state index contributed by atoms with van der Waals surface area (Å²) in [5, 5.41) is 0.477. The second-order valence-electron chi connectivity index (χ2n) is 14.4. The summed E-state index contributed by atoms with van der Waals surface area (Å²) < 4.78 is 9.93. The molecule has 316 valence electrons. The Balaban J connectivity index is 0.000000310. The smallest absolute Gasteiger partial charge is 0.338 e. The first-order valence-electron chi connectivity index (χ1n) is 18.9. The van der Waals surface area contributed by atoms with Gasteiger partial charge in [0.25, 0.3) is 0 Å². The van der Waals surface area contributed by atoms with Gasteiger partial charge < -0.3 is 9.47 Å². The minimum absolute atomic E-state index is 0.119. The largest absolute Gasteiger partial charge is 0.462 e. The van der Waals surface area contributed by atoms with Gasteiger partial charge in [0.05, 0.1) is 44.4 Å². The lowest BCUT2D eigenvalue weighted by Gasteiger charge is -2.23. The van der Waals surface area contributed by atoms with Crippen molar-refractivity contribution >= 4 is 105 Å². The van der Waals surface area contributed by atoms with E-state index in [0.717, 1.165) is 0 Å². The second kappa shape index (κ2) is 21.1. The van der Waals surface area contributed by atoms with Crippen LogP contribution < -0.4 is 0 Å². The third-order valence-electron chi connectivity index (χ3n) is 8.58. The van der Waals surface area contributed by atoms with Crippen molar-refractivity contribution in [3.05, 3.63) is 55.5 Å². The molecule has 14 nitrogen and oxygen atoms in total. The molecule has 4 rings (SSSR count). The summed E-state index contributed by atoms with van der Waals surface area (Å²) >= 11 is 25.3. The third-order valence-corrected chi connectivity index (χ3v) is 9.73. The Hall–Kier alpha value is -4.24. The highest BCUT2D eigenvalue weighted by molar-refractivity contribution is 6.40. The fourth-order valence-corrected chi connectivity index (χ4v) is 6.77. The first-order chi connectivity index (χ1) is 27.2. The van der Waals surface area contributed by atoms with E-state index in [1.807, 2.05) is 0 Å². The lowest BCUT2D eigenvalue weighted by Crippen LogP contribution is -2.43. The van der Waals surface area contributed by atoms with Gasteiger partial charge in [-0.2, -0.15) is 0 Å². The zero-order valence-corrected chi connectivity index (χ0v) is 37.3. The number of nitrogens with zero attached hydrogens (tertiary/aromatic N) is 6. The van der Waals surface area contributed by atoms with Gasteiger partial charge in [-0.15, -0.1) is 0 Å². The average Bonchev–Trinajstić information content (AvgIpc) is 3.77. The van der Waals surface area contributed by atoms with E-state index in [4.69, 9.17) is 55.9 Å². The van der Waals surface area contributed by atoms with Crippen molar-refractivity contribution in [2.45, 2.75) is 69.2 Å². The maximum absolute atomic E-state index is 12.6. The monoisotopic (exact) mass is 882 g/mol. The molecule has 2 aromatic rings. The van der Waals surface area contributed by atoms with E-state index in [1.165, 1.54) is 43.9 Å². The van der Waals surface area contributed by atoms with Gasteiger partial charge in [0.15, 0.2) is 0 Å². The van der Waals surface area contributed by atoms with Crippen molar-refractivity contribution < 1.29 is 38.2 Å². The molecule has 0 saturated carbocycles. The summed E-state index contributed by atoms with van der Waals surface area (Å²) in [7, 11) is 0. The zero-order chi connectivity index (χ0) is 43.8. The van der Waals surface area contributed by atoms with Crippen molar-refractivity contribution in [3.63, 3.8) is 0 Å². The van der Waals surface area contributed by atoms with Crippen LogP contribution >= 0.6 is 46.4 Å². The quantitative estimate of drug-likeness (QED) is 0.216. The number of rotatable bonds is 10. The van der Waals surface area contributed by atoms with Gasteiger partial charge in [0, 0.05) is 49.9 Å². The number of hydrogen-bond donors (Lipinski definition) is 0. The van der Waals surface area contributed by atoms with Gasteiger partial charge in [-0.1, -0.05) is 102 Å². The normalized spacial score (nSPS) is 14.0. The van der Waals surface area contributed by atoms with Crippen molar-refractivity contribution in [2.24, 2.45) is 33.7 Å². The Morgan fingerprint density at radius 2 is 0.724 bits per heavy atom. The zero-order valence-electron chi connectivity index (χ0n) is 34.3. The van der Waals surface area contributed by atoms with Crippen molar-refractivity contribution in [1.29, 1.82) is 0 Å². The highest BCUT2D eigenvalue weighted by Crippen LogP contribution is 2.37. The molecule has 0 radical (unpaired) electrons. The fourth-order valence-electron chi connectivity index (χ4n) is 5.62. The van der Waals surface area contributed by atoms with Crippen LogP contribution in [-0.2, 0) is 28.7 Å². The molecule has 2 fully saturated rings. The number of amides is 4. The lowest BCUT2D eigenvalue weighted by atomic mass is 10.2. The number of aliphatic imine (C=N–C) groups is 2. The predicted octanol–water partition coefficient (Wildman–Crippen LogP) is 8.28. The maximum Gasteiger partial charge on any atom is 0.338 e. The lowest BCUT2D eigenvalue weighted by molar-refractivity contribution is -0.131. The van der Waals surface area contributed by atoms with E-state index < -0.39 is 11.9 Å². The van der Waals surface area contributed by atoms with E-state index in [9.17, 15) is 28.8 Å². The standard InChI is InChI=1S/2C20H25Cl2N3O4/c2*1-6-29-19(28)13-9-14(21)16(15(22)10-13)23-20-24(17(26)11(2)3)7-8-25(20)18(27)12(4)5/h2*9-12H,6-8H2,1-5H3. The number of carbonyl (C=O) groups excluding carboxylic acids is 6. The molecule has 0 aliphatic carbocycles. The number of guanidine groups is 2. The molecule has 18 heteroatoms. The number of carbonyl (C=O) groups is 6. The van der Waals surface area contributed by atoms with Gasteiger partial charge in [0.2, 0.25) is 35.5 Å². The summed E-state index contributed by atoms with van der Waals surface area (Å²) in [5.41, 5.74) is 0.757. The Kier molecular flexibility index (Phi) is 17.5. The highest BCUT2D eigenvalue weighted by Gasteiger charge is 2.38. The summed E-state index contributed by atoms with van der Waals surface area (Å²) in [4.78, 5) is 89.4. The molecule has 0 spiro atoms. The van der Waals surface area contributed by atoms with Gasteiger partial charge in [0.1, 0.15) is 11.4 Å². The van der Waals surface area contributed by atoms with Crippen LogP contribution in [0.5, 0.6) is 0 Å². The van der Waals surface area contributed by atoms with Gasteiger partial charge >= 0.3 is 11.9 Å². The van der Waals surface area contributed by atoms with Crippen molar-refractivity contribution in [3.8, 4) is 0 Å². The Labute approximate surface area is 359 Å². The predicted molar refractivity (Wildman–Crippen MR) is 225 cm³/mol. The Morgan fingerprint density at radius 1 is 0.500 bits per heavy atom. The molecule has 0 N–H and O–H groups in total. The van der Waals surface area contributed by atoms with Crippen LogP contribution in [0.25, 0.3) is 0 Å². The van der Waals surface area contributed by atoms with Gasteiger partial charge in [-0.3, -0.25) is 38.8 Å². The summed E-state index contributed by atoms with van der Waals surface area (Å²) in [5.74, 6) is -2.43. The van der Waals surface area contributed by atoms with E-state index in [1.54, 1.807) is 69.2 Å². The van der Waals surface area contributed by atoms with Crippen LogP contribution in [0.15, 0.2) is 34.3 Å². The van der Waals surface area contributed by atoms with Crippen LogP contribution in [0, 0.1) is 23.7 Å². The van der Waals surface area contributed by atoms with E-state index in [-0.39, 0.29) is 115 Å². The fraction of sp³-hybridized carbons (Fsp3) is 0.500. The molecule has 0 bridgehead atoms. The summed E-state index contributed by atoms with van der Waals surface area (Å²) in [6, 6.07) is 5.62. The van der Waals surface area contributed by atoms with Crippen molar-refractivity contribution in [1.82, 2.24) is 19.6 Å². The van der Waals surface area contributed by atoms with Gasteiger partial charge in [-0.05, 0) is 38.1 Å². The highest BCUT2D eigenvalue weighted by atomic mass is 35.5. The second-order valence-corrected chi connectivity index (χ2v) is 16.0. The first-order valence-corrected chi connectivity index (χ1v) is 20.4. The Morgan fingerprint density at radius 3 is 0.914 bits per heavy atom. The molecule has 2 saturated heterocycles. The maximum atomic E-state index is 12.6. The molecule has 58 heavy (non-hydrogen) atoms. The average molecular weight is 885 g/mol. The van der Waals surface area contributed by atoms with Crippen LogP contribution in [0.1, 0.15) is 90.0 Å². The number of benzene rings is 2. The van der Waals surface area contributed by atoms with Crippen LogP contribution in [0.3, 0.4) is 0 Å². The molecule has 2 aromatic carbocycles. The SMILES string of the molecule is CCOC(=O)c1cc(Cl)c(N=C2N(C(=O)C(C)C)CCN2C(=O)C(C)C)c(Cl)c1.CCOC(=O)c1cc(Cl)c(N=C2N(C(=O)C(C)C)CCN2C(=O)C(C)C)c(Cl)c1. The van der Waals surface area contributed by atoms with E-state index in [2.05, 4.69) is 9.98 Å². The molecule has 0 aromatic heterocycles. The van der Waals surface area contributed by atoms with Crippen LogP contribution in [0.4, 0.5) is 11.4 Å². The first kappa shape index (κ1) is 48.1. The van der Waals surface area contributed by atoms with Crippen molar-refractivity contribution in [2.75, 3.05) is 39.4 Å².